The van der Waals surface area contributed by atoms with Gasteiger partial charge >= 0.3 is 29.8 Å². The van der Waals surface area contributed by atoms with Crippen LogP contribution in [0.3, 0.4) is 0 Å². The summed E-state index contributed by atoms with van der Waals surface area (Å²) in [5, 5.41) is 34.7. The number of carboxylic acid groups (broad SMARTS) is 4. The number of hydrogen-bond acceptors (Lipinski definition) is 6. The summed E-state index contributed by atoms with van der Waals surface area (Å²) in [4.78, 5) is 54.1. The van der Waals surface area contributed by atoms with Crippen molar-refractivity contribution >= 4 is 29.8 Å². The molecule has 10 heteroatoms. The number of carboxylic acids is 4. The number of carbonyl (C=O) groups excluding carboxylic acids is 1. The fraction of sp³-hybridized carbons (Fsp3) is 0.545. The molecule has 0 aromatic rings. The van der Waals surface area contributed by atoms with Crippen LogP contribution in [0.1, 0.15) is 32.1 Å². The molecule has 0 spiro atoms. The first kappa shape index (κ1) is 18.4. The van der Waals surface area contributed by atoms with E-state index in [1.54, 1.807) is 0 Å². The highest BCUT2D eigenvalue weighted by Crippen LogP contribution is 2.23. The molecule has 21 heavy (non-hydrogen) atoms. The molecule has 0 aliphatic heterocycles. The van der Waals surface area contributed by atoms with E-state index in [4.69, 9.17) is 20.4 Å². The summed E-state index contributed by atoms with van der Waals surface area (Å²) in [6.07, 6.45) is -3.43. The molecule has 0 fully saturated rings. The summed E-state index contributed by atoms with van der Waals surface area (Å²) in [5.41, 5.74) is -2.72. The number of aliphatic carboxylic acids is 4. The maximum atomic E-state index is 11.4. The van der Waals surface area contributed by atoms with E-state index in [-0.39, 0.29) is 12.8 Å². The van der Waals surface area contributed by atoms with Gasteiger partial charge in [-0.25, -0.2) is 4.79 Å². The molecule has 4 N–H and O–H groups in total. The van der Waals surface area contributed by atoms with Crippen molar-refractivity contribution in [3.05, 3.63) is 0 Å². The molecule has 0 saturated carbocycles. The molecular formula is C11H14O10. The first-order valence-electron chi connectivity index (χ1n) is 5.69. The average Bonchev–Trinajstić information content (AvgIpc) is 2.25. The van der Waals surface area contributed by atoms with Gasteiger partial charge in [-0.2, -0.15) is 0 Å². The summed E-state index contributed by atoms with van der Waals surface area (Å²) in [6.45, 7) is 0. The molecule has 0 amide bonds. The second-order valence-corrected chi connectivity index (χ2v) is 4.16. The van der Waals surface area contributed by atoms with Gasteiger partial charge < -0.3 is 25.2 Å². The summed E-state index contributed by atoms with van der Waals surface area (Å²) >= 11 is 0. The Morgan fingerprint density at radius 3 is 1.57 bits per heavy atom. The molecule has 0 heterocycles. The molecule has 0 rings (SSSR count). The number of hydrogen-bond donors (Lipinski definition) is 4. The van der Waals surface area contributed by atoms with Gasteiger partial charge in [-0.15, -0.1) is 0 Å². The first-order chi connectivity index (χ1) is 9.59. The van der Waals surface area contributed by atoms with Crippen molar-refractivity contribution in [3.8, 4) is 0 Å². The van der Waals surface area contributed by atoms with Gasteiger partial charge in [-0.3, -0.25) is 19.2 Å². The topological polar surface area (TPSA) is 175 Å². The van der Waals surface area contributed by atoms with E-state index in [0.29, 0.717) is 0 Å². The second kappa shape index (κ2) is 7.82. The molecule has 10 nitrogen and oxygen atoms in total. The lowest BCUT2D eigenvalue weighted by Gasteiger charge is -2.26. The molecule has 0 aromatic carbocycles. The van der Waals surface area contributed by atoms with Crippen molar-refractivity contribution in [2.75, 3.05) is 0 Å². The van der Waals surface area contributed by atoms with Crippen LogP contribution in [-0.4, -0.2) is 55.9 Å². The van der Waals surface area contributed by atoms with Crippen LogP contribution in [0.15, 0.2) is 0 Å². The lowest BCUT2D eigenvalue weighted by atomic mass is 9.95. The van der Waals surface area contributed by atoms with Crippen molar-refractivity contribution in [2.24, 2.45) is 0 Å². The molecule has 118 valence electrons. The summed E-state index contributed by atoms with van der Waals surface area (Å²) in [6, 6.07) is 0. The van der Waals surface area contributed by atoms with E-state index in [2.05, 4.69) is 4.74 Å². The van der Waals surface area contributed by atoms with E-state index in [0.717, 1.165) is 0 Å². The normalized spacial score (nSPS) is 10.7. The van der Waals surface area contributed by atoms with Gasteiger partial charge in [0.15, 0.2) is 0 Å². The Hall–Kier alpha value is -2.65. The summed E-state index contributed by atoms with van der Waals surface area (Å²) in [5.74, 6) is -7.57. The van der Waals surface area contributed by atoms with Crippen LogP contribution >= 0.6 is 0 Å². The van der Waals surface area contributed by atoms with Crippen LogP contribution in [0, 0.1) is 0 Å². The molecule has 0 aliphatic carbocycles. The van der Waals surface area contributed by atoms with E-state index >= 15 is 0 Å². The monoisotopic (exact) mass is 306 g/mol. The Morgan fingerprint density at radius 2 is 1.24 bits per heavy atom. The highest BCUT2D eigenvalue weighted by Gasteiger charge is 2.47. The standard InChI is InChI=1S/C11H14O10/c12-6(13)2-1-3-9(18)21-11(10(19)20,4-7(14)15)5-8(16)17/h1-5H2,(H,12,13)(H,14,15)(H,16,17)(H,19,20). The zero-order valence-corrected chi connectivity index (χ0v) is 10.8. The van der Waals surface area contributed by atoms with Crippen molar-refractivity contribution in [3.63, 3.8) is 0 Å². The fourth-order valence-electron chi connectivity index (χ4n) is 1.47. The van der Waals surface area contributed by atoms with Crippen LogP contribution in [0.4, 0.5) is 0 Å². The van der Waals surface area contributed by atoms with Gasteiger partial charge in [-0.1, -0.05) is 0 Å². The van der Waals surface area contributed by atoms with Crippen molar-refractivity contribution in [1.82, 2.24) is 0 Å². The van der Waals surface area contributed by atoms with Gasteiger partial charge in [0.2, 0.25) is 5.60 Å². The Bertz CT molecular complexity index is 436. The Morgan fingerprint density at radius 1 is 0.762 bits per heavy atom. The van der Waals surface area contributed by atoms with E-state index in [9.17, 15) is 24.0 Å². The second-order valence-electron chi connectivity index (χ2n) is 4.16. The van der Waals surface area contributed by atoms with Crippen LogP contribution < -0.4 is 0 Å². The minimum Gasteiger partial charge on any atom is -0.481 e. The Labute approximate surface area is 117 Å². The molecule has 0 unspecified atom stereocenters. The molecule has 0 radical (unpaired) electrons. The number of ether oxygens (including phenoxy) is 1. The Balaban J connectivity index is 4.98. The lowest BCUT2D eigenvalue weighted by molar-refractivity contribution is -0.186. The smallest absolute Gasteiger partial charge is 0.349 e. The van der Waals surface area contributed by atoms with Crippen LogP contribution in [-0.2, 0) is 28.7 Å². The zero-order chi connectivity index (χ0) is 16.6. The zero-order valence-electron chi connectivity index (χ0n) is 10.8. The first-order valence-corrected chi connectivity index (χ1v) is 5.69. The number of rotatable bonds is 10. The number of carbonyl (C=O) groups is 5. The third-order valence-electron chi connectivity index (χ3n) is 2.34. The predicted molar refractivity (Wildman–Crippen MR) is 62.5 cm³/mol. The summed E-state index contributed by atoms with van der Waals surface area (Å²) < 4.78 is 4.51. The minimum absolute atomic E-state index is 0.149. The number of esters is 1. The highest BCUT2D eigenvalue weighted by molar-refractivity contribution is 5.90. The minimum atomic E-state index is -2.72. The highest BCUT2D eigenvalue weighted by atomic mass is 16.6. The maximum absolute atomic E-state index is 11.4. The third kappa shape index (κ3) is 6.89. The van der Waals surface area contributed by atoms with Crippen LogP contribution in [0.2, 0.25) is 0 Å². The SMILES string of the molecule is O=C(O)CCCC(=O)OC(CC(=O)O)(CC(=O)O)C(=O)O. The predicted octanol–water partition coefficient (Wildman–Crippen LogP) is -0.443. The molecule has 0 bridgehead atoms. The van der Waals surface area contributed by atoms with Crippen molar-refractivity contribution < 1.29 is 49.1 Å². The van der Waals surface area contributed by atoms with Crippen LogP contribution in [0.5, 0.6) is 0 Å². The van der Waals surface area contributed by atoms with Gasteiger partial charge in [-0.05, 0) is 6.42 Å². The molecule has 0 aromatic heterocycles. The average molecular weight is 306 g/mol. The van der Waals surface area contributed by atoms with Gasteiger partial charge in [0.25, 0.3) is 0 Å². The van der Waals surface area contributed by atoms with Gasteiger partial charge in [0.1, 0.15) is 0 Å². The lowest BCUT2D eigenvalue weighted by Crippen LogP contribution is -2.47. The molecular weight excluding hydrogens is 292 g/mol. The van der Waals surface area contributed by atoms with E-state index in [1.807, 2.05) is 0 Å². The quantitative estimate of drug-likeness (QED) is 0.387. The summed E-state index contributed by atoms with van der Waals surface area (Å²) in [7, 11) is 0. The van der Waals surface area contributed by atoms with E-state index < -0.39 is 54.7 Å². The Kier molecular flexibility index (Phi) is 6.84. The third-order valence-corrected chi connectivity index (χ3v) is 2.34. The van der Waals surface area contributed by atoms with Crippen molar-refractivity contribution in [1.29, 1.82) is 0 Å². The molecule has 0 aliphatic rings. The fourth-order valence-corrected chi connectivity index (χ4v) is 1.47. The molecule has 0 atom stereocenters. The largest absolute Gasteiger partial charge is 0.481 e. The van der Waals surface area contributed by atoms with Crippen molar-refractivity contribution in [2.45, 2.75) is 37.7 Å². The van der Waals surface area contributed by atoms with E-state index in [1.165, 1.54) is 0 Å². The molecule has 0 saturated heterocycles. The van der Waals surface area contributed by atoms with Gasteiger partial charge in [0, 0.05) is 12.8 Å². The van der Waals surface area contributed by atoms with Crippen LogP contribution in [0.25, 0.3) is 0 Å². The maximum Gasteiger partial charge on any atom is 0.349 e. The van der Waals surface area contributed by atoms with Gasteiger partial charge in [0.05, 0.1) is 12.8 Å².